The van der Waals surface area contributed by atoms with Crippen LogP contribution in [-0.2, 0) is 35.2 Å². The summed E-state index contributed by atoms with van der Waals surface area (Å²) in [4.78, 5) is 71.5. The molecular weight excluding hydrogens is 492 g/mol. The fourth-order valence-corrected chi connectivity index (χ4v) is 3.22. The third-order valence-electron chi connectivity index (χ3n) is 5.25. The summed E-state index contributed by atoms with van der Waals surface area (Å²) in [5.41, 5.74) is 6.59. The van der Waals surface area contributed by atoms with E-state index in [0.29, 0.717) is 5.56 Å². The van der Waals surface area contributed by atoms with E-state index in [1.54, 1.807) is 26.0 Å². The lowest BCUT2D eigenvalue weighted by Crippen LogP contribution is -2.58. The number of phenols is 1. The number of carbonyl (C=O) groups excluding carboxylic acids is 3. The molecule has 1 aromatic carbocycles. The van der Waals surface area contributed by atoms with E-state index in [9.17, 15) is 39.0 Å². The van der Waals surface area contributed by atoms with Crippen molar-refractivity contribution in [3.63, 3.8) is 0 Å². The van der Waals surface area contributed by atoms with E-state index in [-0.39, 0.29) is 12.2 Å². The van der Waals surface area contributed by atoms with Crippen LogP contribution in [-0.4, -0.2) is 80.2 Å². The van der Waals surface area contributed by atoms with E-state index in [0.717, 1.165) is 0 Å². The molecule has 14 nitrogen and oxygen atoms in total. The zero-order valence-corrected chi connectivity index (χ0v) is 20.3. The zero-order chi connectivity index (χ0) is 28.3. The number of nitrogens with two attached hydrogens (primary N) is 1. The molecule has 0 aliphatic carbocycles. The standard InChI is InChI=1S/C23H32N4O10/c1-11(2)19(27-20(33)14(24)9-12-3-5-13(28)6-4-12)22(35)26-16(10-18(31)32)21(34)25-15(23(36)37)7-8-17(29)30/h3-6,11,14-16,19,28H,7-10,24H2,1-2H3,(H,25,34)(H,26,35)(H,27,33)(H,29,30)(H,31,32)(H,36,37). The van der Waals surface area contributed by atoms with Crippen LogP contribution in [0.3, 0.4) is 0 Å². The first-order valence-corrected chi connectivity index (χ1v) is 11.3. The molecule has 0 radical (unpaired) electrons. The quantitative estimate of drug-likeness (QED) is 0.135. The highest BCUT2D eigenvalue weighted by molar-refractivity contribution is 5.95. The number of aliphatic carboxylic acids is 3. The Labute approximate surface area is 212 Å². The molecule has 1 aromatic rings. The van der Waals surface area contributed by atoms with Gasteiger partial charge in [0, 0.05) is 6.42 Å². The fraction of sp³-hybridized carbons (Fsp3) is 0.478. The molecule has 204 valence electrons. The van der Waals surface area contributed by atoms with E-state index in [1.807, 2.05) is 5.32 Å². The molecular formula is C23H32N4O10. The van der Waals surface area contributed by atoms with E-state index in [4.69, 9.17) is 15.9 Å². The van der Waals surface area contributed by atoms with Gasteiger partial charge in [-0.2, -0.15) is 0 Å². The SMILES string of the molecule is CC(C)C(NC(=O)C(N)Cc1ccc(O)cc1)C(=O)NC(CC(=O)O)C(=O)NC(CCC(=O)O)C(=O)O. The van der Waals surface area contributed by atoms with Gasteiger partial charge < -0.3 is 42.1 Å². The number of hydrogen-bond acceptors (Lipinski definition) is 8. The molecule has 4 unspecified atom stereocenters. The maximum atomic E-state index is 12.9. The predicted octanol–water partition coefficient (Wildman–Crippen LogP) is -1.20. The summed E-state index contributed by atoms with van der Waals surface area (Å²) in [6.07, 6.45) is -1.84. The van der Waals surface area contributed by atoms with Crippen LogP contribution in [0.1, 0.15) is 38.7 Å². The summed E-state index contributed by atoms with van der Waals surface area (Å²) in [5.74, 6) is -7.53. The Morgan fingerprint density at radius 3 is 1.86 bits per heavy atom. The molecule has 0 aliphatic rings. The van der Waals surface area contributed by atoms with Crippen LogP contribution in [0.25, 0.3) is 0 Å². The summed E-state index contributed by atoms with van der Waals surface area (Å²) in [6, 6.07) is 0.377. The van der Waals surface area contributed by atoms with Crippen LogP contribution in [0.4, 0.5) is 0 Å². The number of hydrogen-bond donors (Lipinski definition) is 8. The van der Waals surface area contributed by atoms with Gasteiger partial charge in [0.1, 0.15) is 23.9 Å². The third-order valence-corrected chi connectivity index (χ3v) is 5.25. The molecule has 3 amide bonds. The Kier molecular flexibility index (Phi) is 12.0. The van der Waals surface area contributed by atoms with Crippen molar-refractivity contribution in [3.8, 4) is 5.75 Å². The van der Waals surface area contributed by atoms with Crippen molar-refractivity contribution in [2.24, 2.45) is 11.7 Å². The number of aromatic hydroxyl groups is 1. The average Bonchev–Trinajstić information content (AvgIpc) is 2.79. The van der Waals surface area contributed by atoms with Gasteiger partial charge in [-0.15, -0.1) is 0 Å². The molecule has 0 spiro atoms. The molecule has 37 heavy (non-hydrogen) atoms. The minimum Gasteiger partial charge on any atom is -0.508 e. The van der Waals surface area contributed by atoms with Gasteiger partial charge in [-0.3, -0.25) is 24.0 Å². The number of carboxylic acid groups (broad SMARTS) is 3. The van der Waals surface area contributed by atoms with Crippen LogP contribution in [0, 0.1) is 5.92 Å². The van der Waals surface area contributed by atoms with Crippen molar-refractivity contribution in [3.05, 3.63) is 29.8 Å². The summed E-state index contributed by atoms with van der Waals surface area (Å²) in [6.45, 7) is 3.18. The summed E-state index contributed by atoms with van der Waals surface area (Å²) in [7, 11) is 0. The normalized spacial score (nSPS) is 14.1. The molecule has 14 heteroatoms. The van der Waals surface area contributed by atoms with Crippen molar-refractivity contribution in [2.75, 3.05) is 0 Å². The number of carboxylic acids is 3. The van der Waals surface area contributed by atoms with Crippen LogP contribution in [0.5, 0.6) is 5.75 Å². The number of carbonyl (C=O) groups is 6. The van der Waals surface area contributed by atoms with E-state index < -0.39 is 85.0 Å². The number of phenolic OH excluding ortho intramolecular Hbond substituents is 1. The number of amides is 3. The Balaban J connectivity index is 2.93. The van der Waals surface area contributed by atoms with Gasteiger partial charge in [-0.05, 0) is 36.5 Å². The minimum absolute atomic E-state index is 0.0369. The Bertz CT molecular complexity index is 996. The van der Waals surface area contributed by atoms with Crippen molar-refractivity contribution in [2.45, 2.75) is 63.7 Å². The van der Waals surface area contributed by atoms with Crippen molar-refractivity contribution in [1.29, 1.82) is 0 Å². The van der Waals surface area contributed by atoms with Gasteiger partial charge in [0.15, 0.2) is 0 Å². The smallest absolute Gasteiger partial charge is 0.326 e. The van der Waals surface area contributed by atoms with E-state index in [1.165, 1.54) is 12.1 Å². The Hall–Kier alpha value is -4.20. The lowest BCUT2D eigenvalue weighted by Gasteiger charge is -2.26. The minimum atomic E-state index is -1.71. The van der Waals surface area contributed by atoms with Crippen LogP contribution >= 0.6 is 0 Å². The first-order valence-electron chi connectivity index (χ1n) is 11.3. The second kappa shape index (κ2) is 14.4. The predicted molar refractivity (Wildman–Crippen MR) is 127 cm³/mol. The molecule has 4 atom stereocenters. The lowest BCUT2D eigenvalue weighted by molar-refractivity contribution is -0.144. The van der Waals surface area contributed by atoms with Crippen molar-refractivity contribution in [1.82, 2.24) is 16.0 Å². The summed E-state index contributed by atoms with van der Waals surface area (Å²) in [5, 5.41) is 43.2. The first kappa shape index (κ1) is 30.8. The molecule has 0 aromatic heterocycles. The first-order chi connectivity index (χ1) is 17.2. The molecule has 0 saturated heterocycles. The van der Waals surface area contributed by atoms with Gasteiger partial charge >= 0.3 is 17.9 Å². The largest absolute Gasteiger partial charge is 0.508 e. The molecule has 0 bridgehead atoms. The maximum Gasteiger partial charge on any atom is 0.326 e. The third kappa shape index (κ3) is 10.9. The molecule has 1 rings (SSSR count). The van der Waals surface area contributed by atoms with Crippen molar-refractivity contribution < 1.29 is 49.2 Å². The highest BCUT2D eigenvalue weighted by Crippen LogP contribution is 2.11. The van der Waals surface area contributed by atoms with Gasteiger partial charge in [-0.1, -0.05) is 26.0 Å². The molecule has 0 saturated carbocycles. The van der Waals surface area contributed by atoms with Gasteiger partial charge in [0.25, 0.3) is 0 Å². The second-order valence-corrected chi connectivity index (χ2v) is 8.70. The molecule has 0 heterocycles. The molecule has 0 aliphatic heterocycles. The van der Waals surface area contributed by atoms with Gasteiger partial charge in [0.2, 0.25) is 17.7 Å². The molecule has 0 fully saturated rings. The van der Waals surface area contributed by atoms with Crippen LogP contribution in [0.2, 0.25) is 0 Å². The van der Waals surface area contributed by atoms with Crippen molar-refractivity contribution >= 4 is 35.6 Å². The zero-order valence-electron chi connectivity index (χ0n) is 20.3. The number of nitrogens with one attached hydrogen (secondary N) is 3. The number of rotatable bonds is 15. The summed E-state index contributed by atoms with van der Waals surface area (Å²) < 4.78 is 0. The molecule has 9 N–H and O–H groups in total. The number of benzene rings is 1. The van der Waals surface area contributed by atoms with Gasteiger partial charge in [-0.25, -0.2) is 4.79 Å². The topological polar surface area (TPSA) is 245 Å². The van der Waals surface area contributed by atoms with Gasteiger partial charge in [0.05, 0.1) is 12.5 Å². The Morgan fingerprint density at radius 2 is 1.38 bits per heavy atom. The summed E-state index contributed by atoms with van der Waals surface area (Å²) >= 11 is 0. The highest BCUT2D eigenvalue weighted by atomic mass is 16.4. The Morgan fingerprint density at radius 1 is 0.811 bits per heavy atom. The lowest BCUT2D eigenvalue weighted by atomic mass is 10.0. The average molecular weight is 525 g/mol. The monoisotopic (exact) mass is 524 g/mol. The van der Waals surface area contributed by atoms with Crippen LogP contribution < -0.4 is 21.7 Å². The fourth-order valence-electron chi connectivity index (χ4n) is 3.22. The highest BCUT2D eigenvalue weighted by Gasteiger charge is 2.33. The maximum absolute atomic E-state index is 12.9. The second-order valence-electron chi connectivity index (χ2n) is 8.70. The van der Waals surface area contributed by atoms with E-state index >= 15 is 0 Å². The van der Waals surface area contributed by atoms with E-state index in [2.05, 4.69) is 10.6 Å². The van der Waals surface area contributed by atoms with Crippen LogP contribution in [0.15, 0.2) is 24.3 Å².